The normalized spacial score (nSPS) is 21.2. The summed E-state index contributed by atoms with van der Waals surface area (Å²) in [7, 11) is 0. The lowest BCUT2D eigenvalue weighted by molar-refractivity contribution is -0.146. The predicted octanol–water partition coefficient (Wildman–Crippen LogP) is 3.21. The zero-order valence-corrected chi connectivity index (χ0v) is 18.1. The first-order chi connectivity index (χ1) is 15.4. The molecule has 1 unspecified atom stereocenters. The van der Waals surface area contributed by atoms with Gasteiger partial charge in [-0.2, -0.15) is 0 Å². The maximum Gasteiger partial charge on any atom is 0.308 e. The van der Waals surface area contributed by atoms with Gasteiger partial charge in [-0.05, 0) is 42.5 Å². The summed E-state index contributed by atoms with van der Waals surface area (Å²) in [4.78, 5) is 34.3. The standard InChI is InChI=1S/C25H26N4O3/c1-16-9-20(28-14-19(24(31)32)25(15-28)7-4-8-25)23-26-21(10-22(30)29(23)11-16)27-12-17-5-2-3-6-18(17)13-27/h2-3,5-6,9-11,19H,4,7-8,12-15H2,1H3,(H,31,32). The van der Waals surface area contributed by atoms with Crippen LogP contribution in [0.3, 0.4) is 0 Å². The van der Waals surface area contributed by atoms with Crippen LogP contribution >= 0.6 is 0 Å². The summed E-state index contributed by atoms with van der Waals surface area (Å²) in [5.41, 5.74) is 4.67. The second kappa shape index (κ2) is 6.82. The van der Waals surface area contributed by atoms with Crippen LogP contribution in [0.25, 0.3) is 5.65 Å². The number of fused-ring (bicyclic) bond motifs is 2. The molecule has 3 aliphatic rings. The van der Waals surface area contributed by atoms with Crippen LogP contribution in [-0.4, -0.2) is 33.6 Å². The Labute approximate surface area is 185 Å². The van der Waals surface area contributed by atoms with Crippen LogP contribution in [0.2, 0.25) is 0 Å². The molecule has 1 N–H and O–H groups in total. The monoisotopic (exact) mass is 430 g/mol. The van der Waals surface area contributed by atoms with Crippen LogP contribution < -0.4 is 15.4 Å². The molecule has 164 valence electrons. The third kappa shape index (κ3) is 2.83. The van der Waals surface area contributed by atoms with Crippen LogP contribution in [-0.2, 0) is 17.9 Å². The zero-order valence-electron chi connectivity index (χ0n) is 18.1. The van der Waals surface area contributed by atoms with Crippen molar-refractivity contribution in [1.29, 1.82) is 0 Å². The highest BCUT2D eigenvalue weighted by Gasteiger charge is 2.53. The quantitative estimate of drug-likeness (QED) is 0.688. The zero-order chi connectivity index (χ0) is 22.0. The predicted molar refractivity (Wildman–Crippen MR) is 122 cm³/mol. The Morgan fingerprint density at radius 3 is 2.44 bits per heavy atom. The van der Waals surface area contributed by atoms with Crippen molar-refractivity contribution >= 4 is 23.1 Å². The fourth-order valence-corrected chi connectivity index (χ4v) is 5.83. The van der Waals surface area contributed by atoms with E-state index in [1.54, 1.807) is 10.5 Å². The van der Waals surface area contributed by atoms with E-state index in [1.165, 1.54) is 11.1 Å². The van der Waals surface area contributed by atoms with Gasteiger partial charge >= 0.3 is 5.97 Å². The minimum Gasteiger partial charge on any atom is -0.481 e. The Morgan fingerprint density at radius 1 is 1.12 bits per heavy atom. The molecular weight excluding hydrogens is 404 g/mol. The first-order valence-electron chi connectivity index (χ1n) is 11.3. The lowest BCUT2D eigenvalue weighted by Crippen LogP contribution is -2.40. The van der Waals surface area contributed by atoms with E-state index in [0.717, 1.165) is 43.6 Å². The molecule has 3 aromatic rings. The Bertz CT molecular complexity index is 1290. The number of aromatic nitrogens is 2. The summed E-state index contributed by atoms with van der Waals surface area (Å²) in [6, 6.07) is 12.0. The molecule has 0 bridgehead atoms. The second-order valence-corrected chi connectivity index (χ2v) is 9.66. The van der Waals surface area contributed by atoms with Crippen LogP contribution in [0.15, 0.2) is 47.4 Å². The summed E-state index contributed by atoms with van der Waals surface area (Å²) in [5, 5.41) is 9.86. The molecule has 1 atom stereocenters. The summed E-state index contributed by atoms with van der Waals surface area (Å²) >= 11 is 0. The van der Waals surface area contributed by atoms with Crippen molar-refractivity contribution in [3.63, 3.8) is 0 Å². The molecule has 7 heteroatoms. The maximum absolute atomic E-state index is 13.1. The molecule has 4 heterocycles. The van der Waals surface area contributed by atoms with Gasteiger partial charge in [-0.1, -0.05) is 30.7 Å². The number of anilines is 2. The highest BCUT2D eigenvalue weighted by atomic mass is 16.4. The molecule has 1 aliphatic carbocycles. The largest absolute Gasteiger partial charge is 0.481 e. The molecule has 6 rings (SSSR count). The number of hydrogen-bond acceptors (Lipinski definition) is 5. The maximum atomic E-state index is 13.1. The third-order valence-electron chi connectivity index (χ3n) is 7.67. The first kappa shape index (κ1) is 19.3. The van der Waals surface area contributed by atoms with Gasteiger partial charge < -0.3 is 14.9 Å². The van der Waals surface area contributed by atoms with Crippen molar-refractivity contribution < 1.29 is 9.90 Å². The third-order valence-corrected chi connectivity index (χ3v) is 7.67. The topological polar surface area (TPSA) is 78.2 Å². The Balaban J connectivity index is 1.44. The van der Waals surface area contributed by atoms with Crippen LogP contribution in [0.4, 0.5) is 11.5 Å². The van der Waals surface area contributed by atoms with Gasteiger partial charge in [0.1, 0.15) is 5.82 Å². The smallest absolute Gasteiger partial charge is 0.308 e. The number of hydrogen-bond donors (Lipinski definition) is 1. The molecule has 7 nitrogen and oxygen atoms in total. The van der Waals surface area contributed by atoms with Gasteiger partial charge in [0, 0.05) is 43.9 Å². The van der Waals surface area contributed by atoms with Gasteiger partial charge in [-0.15, -0.1) is 0 Å². The number of rotatable bonds is 3. The average molecular weight is 431 g/mol. The van der Waals surface area contributed by atoms with Crippen LogP contribution in [0.5, 0.6) is 0 Å². The van der Waals surface area contributed by atoms with Crippen molar-refractivity contribution in [3.8, 4) is 0 Å². The molecule has 1 spiro atoms. The van der Waals surface area contributed by atoms with E-state index in [-0.39, 0.29) is 16.9 Å². The summed E-state index contributed by atoms with van der Waals surface area (Å²) < 4.78 is 1.61. The number of nitrogens with zero attached hydrogens (tertiary/aromatic N) is 4. The summed E-state index contributed by atoms with van der Waals surface area (Å²) in [6.45, 7) is 4.59. The van der Waals surface area contributed by atoms with E-state index in [2.05, 4.69) is 21.9 Å². The van der Waals surface area contributed by atoms with Gasteiger partial charge in [0.05, 0.1) is 11.6 Å². The van der Waals surface area contributed by atoms with Gasteiger partial charge in [0.15, 0.2) is 5.65 Å². The number of carboxylic acid groups (broad SMARTS) is 1. The highest BCUT2D eigenvalue weighted by Crippen LogP contribution is 2.52. The van der Waals surface area contributed by atoms with E-state index in [9.17, 15) is 14.7 Å². The molecule has 2 aliphatic heterocycles. The Morgan fingerprint density at radius 2 is 1.84 bits per heavy atom. The molecule has 32 heavy (non-hydrogen) atoms. The minimum atomic E-state index is -0.718. The van der Waals surface area contributed by atoms with Crippen molar-refractivity contribution in [1.82, 2.24) is 9.38 Å². The van der Waals surface area contributed by atoms with E-state index < -0.39 is 5.97 Å². The average Bonchev–Trinajstić information content (AvgIpc) is 3.36. The lowest BCUT2D eigenvalue weighted by Gasteiger charge is -2.41. The van der Waals surface area contributed by atoms with Gasteiger partial charge in [0.25, 0.3) is 5.56 Å². The van der Waals surface area contributed by atoms with E-state index >= 15 is 0 Å². The molecule has 1 aromatic carbocycles. The number of carboxylic acids is 1. The van der Waals surface area contributed by atoms with Crippen LogP contribution in [0.1, 0.15) is 36.0 Å². The molecule has 2 aromatic heterocycles. The van der Waals surface area contributed by atoms with Gasteiger partial charge in [-0.3, -0.25) is 14.0 Å². The van der Waals surface area contributed by atoms with E-state index in [1.807, 2.05) is 31.3 Å². The van der Waals surface area contributed by atoms with Gasteiger partial charge in [0.2, 0.25) is 0 Å². The number of pyridine rings is 1. The molecule has 2 fully saturated rings. The summed E-state index contributed by atoms with van der Waals surface area (Å²) in [5.74, 6) is -0.423. The highest BCUT2D eigenvalue weighted by molar-refractivity contribution is 5.77. The first-order valence-corrected chi connectivity index (χ1v) is 11.3. The van der Waals surface area contributed by atoms with Gasteiger partial charge in [-0.25, -0.2) is 4.98 Å². The fourth-order valence-electron chi connectivity index (χ4n) is 5.83. The SMILES string of the molecule is Cc1cc(N2CC(C(=O)O)C3(CCC3)C2)c2nc(N3Cc4ccccc4C3)cc(=O)n2c1. The van der Waals surface area contributed by atoms with E-state index in [4.69, 9.17) is 4.98 Å². The fraction of sp³-hybridized carbons (Fsp3) is 0.400. The van der Waals surface area contributed by atoms with Crippen LogP contribution in [0, 0.1) is 18.3 Å². The van der Waals surface area contributed by atoms with Crippen molar-refractivity contribution in [3.05, 3.63) is 69.6 Å². The molecule has 0 radical (unpaired) electrons. The van der Waals surface area contributed by atoms with Crippen molar-refractivity contribution in [2.45, 2.75) is 39.3 Å². The minimum absolute atomic E-state index is 0.113. The lowest BCUT2D eigenvalue weighted by atomic mass is 9.63. The number of aryl methyl sites for hydroxylation is 1. The Hall–Kier alpha value is -3.35. The molecular formula is C25H26N4O3. The molecule has 1 saturated carbocycles. The second-order valence-electron chi connectivity index (χ2n) is 9.66. The van der Waals surface area contributed by atoms with Crippen molar-refractivity contribution in [2.75, 3.05) is 22.9 Å². The summed E-state index contributed by atoms with van der Waals surface area (Å²) in [6.07, 6.45) is 4.81. The number of carbonyl (C=O) groups is 1. The number of aliphatic carboxylic acids is 1. The van der Waals surface area contributed by atoms with Crippen molar-refractivity contribution in [2.24, 2.45) is 11.3 Å². The van der Waals surface area contributed by atoms with E-state index in [0.29, 0.717) is 24.6 Å². The molecule has 1 saturated heterocycles. The Kier molecular flexibility index (Phi) is 4.12. The molecule has 0 amide bonds. The number of benzene rings is 1.